The van der Waals surface area contributed by atoms with E-state index in [4.69, 9.17) is 0 Å². The first kappa shape index (κ1) is 22.9. The normalized spacial score (nSPS) is 19.0. The van der Waals surface area contributed by atoms with Crippen LogP contribution >= 0.6 is 11.8 Å². The van der Waals surface area contributed by atoms with Crippen molar-refractivity contribution >= 4 is 29.3 Å². The second-order valence-electron chi connectivity index (χ2n) is 7.73. The van der Waals surface area contributed by atoms with Crippen LogP contribution in [0.2, 0.25) is 0 Å². The molecule has 10 heteroatoms. The Kier molecular flexibility index (Phi) is 5.93. The van der Waals surface area contributed by atoms with Gasteiger partial charge in [0.05, 0.1) is 23.4 Å². The fourth-order valence-corrected chi connectivity index (χ4v) is 4.98. The zero-order chi connectivity index (χ0) is 23.9. The maximum atomic E-state index is 13.5. The molecule has 0 saturated carbocycles. The van der Waals surface area contributed by atoms with Gasteiger partial charge in [0.1, 0.15) is 5.69 Å². The molecule has 0 radical (unpaired) electrons. The summed E-state index contributed by atoms with van der Waals surface area (Å²) in [6, 6.07) is 8.07. The number of thioether (sulfide) groups is 1. The number of nitrogens with zero attached hydrogens (tertiary/aromatic N) is 4. The monoisotopic (exact) mass is 472 g/mol. The lowest BCUT2D eigenvalue weighted by Gasteiger charge is -2.44. The third kappa shape index (κ3) is 3.97. The van der Waals surface area contributed by atoms with Crippen molar-refractivity contribution < 1.29 is 22.8 Å². The SMILES string of the molecule is CSc1cc(C#N)ccc1C1C2=C(CCCC2=O)N(c2ccnc(C(F)(F)F)c2)C(=O)N1C. The molecule has 33 heavy (non-hydrogen) atoms. The number of hydrogen-bond acceptors (Lipinski definition) is 5. The zero-order valence-electron chi connectivity index (χ0n) is 17.8. The number of nitriles is 1. The number of likely N-dealkylation sites (N-methyl/N-ethyl adjacent to an activating group) is 1. The Bertz CT molecular complexity index is 1220. The summed E-state index contributed by atoms with van der Waals surface area (Å²) in [5.74, 6) is -0.146. The van der Waals surface area contributed by atoms with E-state index >= 15 is 0 Å². The number of hydrogen-bond donors (Lipinski definition) is 0. The Morgan fingerprint density at radius 1 is 1.18 bits per heavy atom. The highest BCUT2D eigenvalue weighted by molar-refractivity contribution is 7.98. The molecule has 1 atom stereocenters. The lowest BCUT2D eigenvalue weighted by Crippen LogP contribution is -2.50. The average Bonchev–Trinajstić information content (AvgIpc) is 2.80. The molecule has 6 nitrogen and oxygen atoms in total. The molecular formula is C23H19F3N4O2S. The van der Waals surface area contributed by atoms with Crippen LogP contribution in [0.25, 0.3) is 0 Å². The van der Waals surface area contributed by atoms with E-state index in [1.54, 1.807) is 18.2 Å². The quantitative estimate of drug-likeness (QED) is 0.566. The number of amides is 2. The van der Waals surface area contributed by atoms with Gasteiger partial charge in [-0.2, -0.15) is 18.4 Å². The molecule has 0 spiro atoms. The summed E-state index contributed by atoms with van der Waals surface area (Å²) in [7, 11) is 1.53. The molecule has 2 aliphatic rings. The number of rotatable bonds is 3. The summed E-state index contributed by atoms with van der Waals surface area (Å²) in [4.78, 5) is 33.3. The Morgan fingerprint density at radius 2 is 1.94 bits per heavy atom. The minimum absolute atomic E-state index is 0.0137. The standard InChI is InChI=1S/C23H19F3N4O2S/c1-29-21(15-7-6-13(12-27)10-18(15)33-2)20-16(4-3-5-17(20)31)30(22(29)32)14-8-9-28-19(11-14)23(24,25)26/h6-11,21H,3-5H2,1-2H3. The van der Waals surface area contributed by atoms with Crippen molar-refractivity contribution in [2.45, 2.75) is 36.4 Å². The summed E-state index contributed by atoms with van der Waals surface area (Å²) in [5.41, 5.74) is 0.864. The predicted octanol–water partition coefficient (Wildman–Crippen LogP) is 5.31. The molecule has 0 bridgehead atoms. The van der Waals surface area contributed by atoms with Crippen molar-refractivity contribution in [3.63, 3.8) is 0 Å². The van der Waals surface area contributed by atoms with Gasteiger partial charge in [0, 0.05) is 35.8 Å². The molecule has 1 aromatic heterocycles. The van der Waals surface area contributed by atoms with Crippen molar-refractivity contribution in [3.8, 4) is 6.07 Å². The molecule has 2 heterocycles. The molecule has 4 rings (SSSR count). The van der Waals surface area contributed by atoms with Crippen LogP contribution in [-0.4, -0.2) is 35.0 Å². The number of alkyl halides is 3. The number of benzene rings is 1. The molecular weight excluding hydrogens is 453 g/mol. The summed E-state index contributed by atoms with van der Waals surface area (Å²) < 4.78 is 39.8. The van der Waals surface area contributed by atoms with Crippen LogP contribution < -0.4 is 4.90 Å². The van der Waals surface area contributed by atoms with E-state index in [9.17, 15) is 28.0 Å². The van der Waals surface area contributed by atoms with Gasteiger partial charge in [-0.05, 0) is 48.9 Å². The topological polar surface area (TPSA) is 77.3 Å². The van der Waals surface area contributed by atoms with E-state index in [-0.39, 0.29) is 11.5 Å². The molecule has 1 aliphatic heterocycles. The van der Waals surface area contributed by atoms with Gasteiger partial charge in [-0.1, -0.05) is 6.07 Å². The van der Waals surface area contributed by atoms with Gasteiger partial charge >= 0.3 is 12.2 Å². The number of pyridine rings is 1. The molecule has 0 saturated heterocycles. The second-order valence-corrected chi connectivity index (χ2v) is 8.58. The molecule has 1 aliphatic carbocycles. The first-order valence-electron chi connectivity index (χ1n) is 10.1. The van der Waals surface area contributed by atoms with Gasteiger partial charge in [0.25, 0.3) is 0 Å². The van der Waals surface area contributed by atoms with Crippen LogP contribution in [0.5, 0.6) is 0 Å². The number of ketones is 1. The van der Waals surface area contributed by atoms with Gasteiger partial charge in [0.15, 0.2) is 5.78 Å². The number of carbonyl (C=O) groups is 2. The number of Topliss-reactive ketones (excluding diaryl/α,β-unsaturated/α-hetero) is 1. The van der Waals surface area contributed by atoms with Gasteiger partial charge < -0.3 is 4.90 Å². The Morgan fingerprint density at radius 3 is 2.61 bits per heavy atom. The van der Waals surface area contributed by atoms with Crippen LogP contribution in [-0.2, 0) is 11.0 Å². The van der Waals surface area contributed by atoms with E-state index in [2.05, 4.69) is 11.1 Å². The number of halogens is 3. The third-order valence-electron chi connectivity index (χ3n) is 5.80. The fraction of sp³-hybridized carbons (Fsp3) is 0.304. The lowest BCUT2D eigenvalue weighted by atomic mass is 9.83. The number of aromatic nitrogens is 1. The van der Waals surface area contributed by atoms with Crippen molar-refractivity contribution in [3.05, 3.63) is 64.6 Å². The van der Waals surface area contributed by atoms with Crippen molar-refractivity contribution in [2.24, 2.45) is 0 Å². The highest BCUT2D eigenvalue weighted by Crippen LogP contribution is 2.45. The van der Waals surface area contributed by atoms with Gasteiger partial charge in [-0.25, -0.2) is 4.79 Å². The predicted molar refractivity (Wildman–Crippen MR) is 116 cm³/mol. The van der Waals surface area contributed by atoms with Crippen molar-refractivity contribution in [1.29, 1.82) is 5.26 Å². The van der Waals surface area contributed by atoms with E-state index in [1.807, 2.05) is 6.26 Å². The molecule has 0 N–H and O–H groups in total. The molecule has 1 aromatic carbocycles. The first-order valence-corrected chi connectivity index (χ1v) is 11.3. The minimum atomic E-state index is -4.67. The van der Waals surface area contributed by atoms with Crippen molar-refractivity contribution in [2.75, 3.05) is 18.2 Å². The molecule has 0 fully saturated rings. The van der Waals surface area contributed by atoms with Crippen LogP contribution in [0, 0.1) is 11.3 Å². The summed E-state index contributed by atoms with van der Waals surface area (Å²) in [6.07, 6.45) is -0.651. The first-order chi connectivity index (χ1) is 15.7. The highest BCUT2D eigenvalue weighted by Gasteiger charge is 2.44. The molecule has 2 aromatic rings. The van der Waals surface area contributed by atoms with E-state index in [0.29, 0.717) is 41.7 Å². The fourth-order valence-electron chi connectivity index (χ4n) is 4.32. The van der Waals surface area contributed by atoms with Crippen LogP contribution in [0.1, 0.15) is 42.1 Å². The summed E-state index contributed by atoms with van der Waals surface area (Å²) in [6.45, 7) is 0. The van der Waals surface area contributed by atoms with E-state index in [1.165, 1.54) is 34.7 Å². The third-order valence-corrected chi connectivity index (χ3v) is 6.60. The number of allylic oxidation sites excluding steroid dienone is 1. The molecule has 170 valence electrons. The minimum Gasteiger partial charge on any atom is -0.316 e. The molecule has 2 amide bonds. The number of carbonyl (C=O) groups excluding carboxylic acids is 2. The van der Waals surface area contributed by atoms with Gasteiger partial charge in [-0.15, -0.1) is 11.8 Å². The Hall–Kier alpha value is -3.32. The van der Waals surface area contributed by atoms with Gasteiger partial charge in [-0.3, -0.25) is 14.7 Å². The number of urea groups is 1. The van der Waals surface area contributed by atoms with E-state index in [0.717, 1.165) is 17.2 Å². The maximum Gasteiger partial charge on any atom is 0.433 e. The summed E-state index contributed by atoms with van der Waals surface area (Å²) >= 11 is 1.39. The smallest absolute Gasteiger partial charge is 0.316 e. The highest BCUT2D eigenvalue weighted by atomic mass is 32.2. The van der Waals surface area contributed by atoms with E-state index < -0.39 is 23.9 Å². The molecule has 1 unspecified atom stereocenters. The lowest BCUT2D eigenvalue weighted by molar-refractivity contribution is -0.141. The van der Waals surface area contributed by atoms with Crippen LogP contribution in [0.15, 0.2) is 52.7 Å². The maximum absolute atomic E-state index is 13.5. The van der Waals surface area contributed by atoms with Gasteiger partial charge in [0.2, 0.25) is 0 Å². The Labute approximate surface area is 192 Å². The largest absolute Gasteiger partial charge is 0.433 e. The van der Waals surface area contributed by atoms with Crippen LogP contribution in [0.3, 0.4) is 0 Å². The van der Waals surface area contributed by atoms with Crippen molar-refractivity contribution in [1.82, 2.24) is 9.88 Å². The number of anilines is 1. The summed E-state index contributed by atoms with van der Waals surface area (Å²) in [5, 5.41) is 9.24. The average molecular weight is 472 g/mol. The Balaban J connectivity index is 1.92. The van der Waals surface area contributed by atoms with Crippen LogP contribution in [0.4, 0.5) is 23.7 Å². The second kappa shape index (κ2) is 8.56. The zero-order valence-corrected chi connectivity index (χ0v) is 18.6.